The number of benzene rings is 2. The number of anilines is 2. The van der Waals surface area contributed by atoms with Gasteiger partial charge in [0.2, 0.25) is 5.91 Å². The number of imide groups is 1. The maximum atomic E-state index is 13.1. The highest BCUT2D eigenvalue weighted by atomic mass is 32.2. The number of carbonyl (C=O) groups is 3. The van der Waals surface area contributed by atoms with Gasteiger partial charge >= 0.3 is 0 Å². The van der Waals surface area contributed by atoms with E-state index < -0.39 is 29.4 Å². The summed E-state index contributed by atoms with van der Waals surface area (Å²) in [5.74, 6) is -1.09. The molecule has 0 spiro atoms. The second-order valence-corrected chi connectivity index (χ2v) is 11.5. The van der Waals surface area contributed by atoms with Gasteiger partial charge in [-0.2, -0.15) is 0 Å². The molecule has 0 bridgehead atoms. The fourth-order valence-corrected chi connectivity index (χ4v) is 6.23. The lowest BCUT2D eigenvalue weighted by molar-refractivity contribution is -0.127. The van der Waals surface area contributed by atoms with Crippen LogP contribution in [0.5, 0.6) is 0 Å². The molecule has 2 heterocycles. The molecule has 4 rings (SSSR count). The van der Waals surface area contributed by atoms with Crippen molar-refractivity contribution in [1.82, 2.24) is 4.90 Å². The lowest BCUT2D eigenvalue weighted by atomic mass is 9.78. The number of nitrogens with one attached hydrogen (secondary N) is 1. The van der Waals surface area contributed by atoms with E-state index in [1.54, 1.807) is 6.08 Å². The van der Waals surface area contributed by atoms with Crippen LogP contribution in [0.15, 0.2) is 41.3 Å². The van der Waals surface area contributed by atoms with Crippen LogP contribution in [0.4, 0.5) is 20.6 Å². The minimum atomic E-state index is -0.527. The fourth-order valence-electron chi connectivity index (χ4n) is 5.40. The number of thioether (sulfide) groups is 1. The summed E-state index contributed by atoms with van der Waals surface area (Å²) >= 11 is 0.838. The molecule has 1 fully saturated rings. The number of halogens is 1. The van der Waals surface area contributed by atoms with Crippen LogP contribution in [0.1, 0.15) is 63.6 Å². The van der Waals surface area contributed by atoms with E-state index in [1.807, 2.05) is 6.92 Å². The van der Waals surface area contributed by atoms with Gasteiger partial charge in [0.25, 0.3) is 11.1 Å². The molecule has 1 atom stereocenters. The smallest absolute Gasteiger partial charge is 0.294 e. The van der Waals surface area contributed by atoms with Crippen LogP contribution >= 0.6 is 11.8 Å². The Morgan fingerprint density at radius 2 is 1.89 bits per heavy atom. The number of aryl methyl sites for hydroxylation is 1. The van der Waals surface area contributed by atoms with Gasteiger partial charge in [0, 0.05) is 23.0 Å². The van der Waals surface area contributed by atoms with Crippen LogP contribution < -0.4 is 10.2 Å². The number of hydrogen-bond acceptors (Lipinski definition) is 5. The van der Waals surface area contributed by atoms with Crippen molar-refractivity contribution in [2.24, 2.45) is 0 Å². The van der Waals surface area contributed by atoms with E-state index in [-0.39, 0.29) is 5.54 Å². The summed E-state index contributed by atoms with van der Waals surface area (Å²) in [4.78, 5) is 41.7. The molecule has 36 heavy (non-hydrogen) atoms. The van der Waals surface area contributed by atoms with Crippen molar-refractivity contribution in [3.8, 4) is 0 Å². The Bertz CT molecular complexity index is 1250. The summed E-state index contributed by atoms with van der Waals surface area (Å²) in [6.45, 7) is 12.8. The summed E-state index contributed by atoms with van der Waals surface area (Å²) in [7, 11) is 0. The average Bonchev–Trinajstić information content (AvgIpc) is 3.03. The maximum absolute atomic E-state index is 13.1. The first-order chi connectivity index (χ1) is 16.9. The number of rotatable bonds is 5. The predicted octanol–water partition coefficient (Wildman–Crippen LogP) is 6.31. The van der Waals surface area contributed by atoms with Crippen LogP contribution in [0.25, 0.3) is 6.08 Å². The maximum Gasteiger partial charge on any atom is 0.294 e. The third-order valence-corrected chi connectivity index (χ3v) is 7.68. The molecule has 0 aromatic heterocycles. The first-order valence-electron chi connectivity index (χ1n) is 12.1. The van der Waals surface area contributed by atoms with Crippen molar-refractivity contribution in [2.75, 3.05) is 16.8 Å². The van der Waals surface area contributed by atoms with Crippen molar-refractivity contribution in [3.63, 3.8) is 0 Å². The van der Waals surface area contributed by atoms with Crippen molar-refractivity contribution in [3.05, 3.63) is 63.8 Å². The number of hydrogen-bond donors (Lipinski definition) is 1. The number of fused-ring (bicyclic) bond motifs is 1. The van der Waals surface area contributed by atoms with Crippen LogP contribution in [0.3, 0.4) is 0 Å². The van der Waals surface area contributed by atoms with Gasteiger partial charge < -0.3 is 10.2 Å². The molecule has 2 aliphatic heterocycles. The molecule has 6 nitrogen and oxygen atoms in total. The van der Waals surface area contributed by atoms with Crippen molar-refractivity contribution >= 4 is 46.3 Å². The monoisotopic (exact) mass is 509 g/mol. The van der Waals surface area contributed by atoms with Gasteiger partial charge in [0.05, 0.1) is 4.91 Å². The second-order valence-electron chi connectivity index (χ2n) is 10.5. The molecule has 0 unspecified atom stereocenters. The van der Waals surface area contributed by atoms with E-state index in [9.17, 15) is 18.8 Å². The van der Waals surface area contributed by atoms with Gasteiger partial charge in [0.15, 0.2) is 0 Å². The van der Waals surface area contributed by atoms with Crippen LogP contribution in [-0.2, 0) is 9.59 Å². The van der Waals surface area contributed by atoms with E-state index in [1.165, 1.54) is 35.5 Å². The SMILES string of the molecule is Cc1cc2c(cc1/C=C1\SC(=O)N(CC(=O)Nc3ccc(F)cc3)C1=O)[C@H](C)CC(C)(C)N2C(C)C. The van der Waals surface area contributed by atoms with Gasteiger partial charge in [-0.1, -0.05) is 6.92 Å². The Hall–Kier alpha value is -3.13. The van der Waals surface area contributed by atoms with Gasteiger partial charge in [0.1, 0.15) is 12.4 Å². The molecule has 2 aromatic carbocycles. The molecule has 0 aliphatic carbocycles. The lowest BCUT2D eigenvalue weighted by Crippen LogP contribution is -2.51. The molecule has 0 radical (unpaired) electrons. The summed E-state index contributed by atoms with van der Waals surface area (Å²) in [6.07, 6.45) is 2.77. The molecule has 0 saturated carbocycles. The quantitative estimate of drug-likeness (QED) is 0.479. The number of amides is 3. The zero-order valence-corrected chi connectivity index (χ0v) is 22.3. The van der Waals surface area contributed by atoms with E-state index in [2.05, 4.69) is 57.0 Å². The van der Waals surface area contributed by atoms with Crippen LogP contribution in [0, 0.1) is 12.7 Å². The summed E-state index contributed by atoms with van der Waals surface area (Å²) < 4.78 is 13.1. The molecule has 2 aliphatic rings. The van der Waals surface area contributed by atoms with E-state index in [4.69, 9.17) is 0 Å². The third-order valence-electron chi connectivity index (χ3n) is 6.77. The molecule has 190 valence electrons. The molecular weight excluding hydrogens is 477 g/mol. The van der Waals surface area contributed by atoms with Gasteiger partial charge in [-0.15, -0.1) is 0 Å². The van der Waals surface area contributed by atoms with E-state index in [0.29, 0.717) is 22.6 Å². The van der Waals surface area contributed by atoms with Gasteiger partial charge in [-0.05, 0) is 118 Å². The summed E-state index contributed by atoms with van der Waals surface area (Å²) in [5, 5.41) is 2.10. The van der Waals surface area contributed by atoms with E-state index in [0.717, 1.165) is 34.2 Å². The fraction of sp³-hybridized carbons (Fsp3) is 0.393. The van der Waals surface area contributed by atoms with Crippen LogP contribution in [-0.4, -0.2) is 40.1 Å². The Balaban J connectivity index is 1.56. The third kappa shape index (κ3) is 5.05. The second kappa shape index (κ2) is 9.73. The van der Waals surface area contributed by atoms with Gasteiger partial charge in [-0.3, -0.25) is 19.3 Å². The molecule has 2 aromatic rings. The molecule has 1 N–H and O–H groups in total. The zero-order valence-electron chi connectivity index (χ0n) is 21.5. The Morgan fingerprint density at radius 3 is 2.53 bits per heavy atom. The highest BCUT2D eigenvalue weighted by molar-refractivity contribution is 8.18. The predicted molar refractivity (Wildman–Crippen MR) is 144 cm³/mol. The lowest BCUT2D eigenvalue weighted by Gasteiger charge is -2.50. The minimum absolute atomic E-state index is 0.0334. The summed E-state index contributed by atoms with van der Waals surface area (Å²) in [6, 6.07) is 9.94. The highest BCUT2D eigenvalue weighted by Crippen LogP contribution is 2.46. The average molecular weight is 510 g/mol. The topological polar surface area (TPSA) is 69.7 Å². The molecule has 1 saturated heterocycles. The van der Waals surface area contributed by atoms with E-state index >= 15 is 0 Å². The normalized spacial score (nSPS) is 20.3. The molecule has 3 amide bonds. The largest absolute Gasteiger partial charge is 0.364 e. The van der Waals surface area contributed by atoms with Crippen molar-refractivity contribution < 1.29 is 18.8 Å². The van der Waals surface area contributed by atoms with Crippen molar-refractivity contribution in [2.45, 2.75) is 65.5 Å². The zero-order chi connectivity index (χ0) is 26.4. The Labute approximate surface area is 215 Å². The van der Waals surface area contributed by atoms with Gasteiger partial charge in [-0.25, -0.2) is 4.39 Å². The molecular formula is C28H32FN3O3S. The first kappa shape index (κ1) is 25.9. The Morgan fingerprint density at radius 1 is 1.22 bits per heavy atom. The first-order valence-corrected chi connectivity index (χ1v) is 12.9. The Kier molecular flexibility index (Phi) is 7.01. The standard InChI is InChI=1S/C28H32FN3O3S/c1-16(2)32-23-11-17(3)19(12-22(23)18(4)14-28(32,5)6)13-24-26(34)31(27(35)36-24)15-25(33)30-21-9-7-20(29)8-10-21/h7-13,16,18H,14-15H2,1-6H3,(H,30,33)/b24-13-/t18-/m1/s1. The summed E-state index contributed by atoms with van der Waals surface area (Å²) in [5.41, 5.74) is 4.79. The number of nitrogens with zero attached hydrogens (tertiary/aromatic N) is 2. The minimum Gasteiger partial charge on any atom is -0.364 e. The van der Waals surface area contributed by atoms with Crippen molar-refractivity contribution in [1.29, 1.82) is 0 Å². The number of carbonyl (C=O) groups excluding carboxylic acids is 3. The highest BCUT2D eigenvalue weighted by Gasteiger charge is 2.39. The molecule has 8 heteroatoms. The van der Waals surface area contributed by atoms with Crippen LogP contribution in [0.2, 0.25) is 0 Å².